The lowest BCUT2D eigenvalue weighted by Crippen LogP contribution is -2.38. The Labute approximate surface area is 111 Å². The Morgan fingerprint density at radius 2 is 2.00 bits per heavy atom. The SMILES string of the molecule is CC1CCCCN1CCCCOc1ccccc1. The summed E-state index contributed by atoms with van der Waals surface area (Å²) in [6, 6.07) is 10.9. The van der Waals surface area contributed by atoms with Crippen molar-refractivity contribution in [1.29, 1.82) is 0 Å². The van der Waals surface area contributed by atoms with E-state index in [-0.39, 0.29) is 0 Å². The van der Waals surface area contributed by atoms with Gasteiger partial charge in [-0.3, -0.25) is 0 Å². The lowest BCUT2D eigenvalue weighted by atomic mass is 10.0. The smallest absolute Gasteiger partial charge is 0.119 e. The first-order valence-electron chi connectivity index (χ1n) is 7.28. The Bertz CT molecular complexity index is 325. The first-order chi connectivity index (χ1) is 8.86. The molecule has 0 aliphatic carbocycles. The van der Waals surface area contributed by atoms with Gasteiger partial charge >= 0.3 is 0 Å². The van der Waals surface area contributed by atoms with Crippen LogP contribution < -0.4 is 4.74 Å². The molecule has 100 valence electrons. The van der Waals surface area contributed by atoms with E-state index in [9.17, 15) is 0 Å². The summed E-state index contributed by atoms with van der Waals surface area (Å²) in [4.78, 5) is 2.63. The third kappa shape index (κ3) is 4.34. The quantitative estimate of drug-likeness (QED) is 0.710. The molecule has 0 radical (unpaired) electrons. The van der Waals surface area contributed by atoms with Crippen LogP contribution in [-0.4, -0.2) is 30.6 Å². The van der Waals surface area contributed by atoms with Gasteiger partial charge in [-0.25, -0.2) is 0 Å². The van der Waals surface area contributed by atoms with Gasteiger partial charge in [-0.05, 0) is 57.8 Å². The molecule has 0 bridgehead atoms. The zero-order valence-electron chi connectivity index (χ0n) is 11.5. The normalized spacial score (nSPS) is 20.8. The fourth-order valence-electron chi connectivity index (χ4n) is 2.61. The van der Waals surface area contributed by atoms with Crippen LogP contribution in [0, 0.1) is 0 Å². The molecule has 2 rings (SSSR count). The Balaban J connectivity index is 1.56. The second-order valence-electron chi connectivity index (χ2n) is 5.25. The van der Waals surface area contributed by atoms with Gasteiger partial charge in [0.25, 0.3) is 0 Å². The summed E-state index contributed by atoms with van der Waals surface area (Å²) >= 11 is 0. The molecule has 0 amide bonds. The molecule has 1 unspecified atom stereocenters. The van der Waals surface area contributed by atoms with Gasteiger partial charge in [0.1, 0.15) is 5.75 Å². The van der Waals surface area contributed by atoms with Crippen molar-refractivity contribution < 1.29 is 4.74 Å². The molecule has 1 saturated heterocycles. The van der Waals surface area contributed by atoms with Crippen molar-refractivity contribution in [2.24, 2.45) is 0 Å². The van der Waals surface area contributed by atoms with Gasteiger partial charge in [0.05, 0.1) is 6.61 Å². The maximum atomic E-state index is 5.70. The first-order valence-corrected chi connectivity index (χ1v) is 7.28. The number of hydrogen-bond donors (Lipinski definition) is 0. The van der Waals surface area contributed by atoms with Crippen LogP contribution in [0.15, 0.2) is 30.3 Å². The minimum absolute atomic E-state index is 0.786. The third-order valence-electron chi connectivity index (χ3n) is 3.79. The lowest BCUT2D eigenvalue weighted by Gasteiger charge is -2.33. The molecule has 1 atom stereocenters. The Kier molecular flexibility index (Phi) is 5.53. The van der Waals surface area contributed by atoms with Gasteiger partial charge in [0.2, 0.25) is 0 Å². The zero-order valence-corrected chi connectivity index (χ0v) is 11.5. The van der Waals surface area contributed by atoms with Crippen LogP contribution >= 0.6 is 0 Å². The summed E-state index contributed by atoms with van der Waals surface area (Å²) in [6.07, 6.45) is 6.56. The first kappa shape index (κ1) is 13.4. The molecule has 0 saturated carbocycles. The summed E-state index contributed by atoms with van der Waals surface area (Å²) in [5.74, 6) is 0.990. The topological polar surface area (TPSA) is 12.5 Å². The van der Waals surface area contributed by atoms with Crippen molar-refractivity contribution in [2.75, 3.05) is 19.7 Å². The van der Waals surface area contributed by atoms with E-state index in [2.05, 4.69) is 11.8 Å². The third-order valence-corrected chi connectivity index (χ3v) is 3.79. The Morgan fingerprint density at radius 3 is 2.78 bits per heavy atom. The van der Waals surface area contributed by atoms with E-state index in [1.54, 1.807) is 0 Å². The Morgan fingerprint density at radius 1 is 1.17 bits per heavy atom. The van der Waals surface area contributed by atoms with E-state index in [4.69, 9.17) is 4.74 Å². The monoisotopic (exact) mass is 247 g/mol. The number of rotatable bonds is 6. The molecule has 0 spiro atoms. The molecular formula is C16H25NO. The number of likely N-dealkylation sites (tertiary alicyclic amines) is 1. The van der Waals surface area contributed by atoms with Crippen LogP contribution in [0.25, 0.3) is 0 Å². The van der Waals surface area contributed by atoms with Crippen LogP contribution in [0.1, 0.15) is 39.0 Å². The number of para-hydroxylation sites is 1. The average molecular weight is 247 g/mol. The van der Waals surface area contributed by atoms with E-state index in [1.807, 2.05) is 30.3 Å². The van der Waals surface area contributed by atoms with Crippen LogP contribution in [0.2, 0.25) is 0 Å². The van der Waals surface area contributed by atoms with Gasteiger partial charge in [0, 0.05) is 6.04 Å². The summed E-state index contributed by atoms with van der Waals surface area (Å²) in [7, 11) is 0. The molecule has 18 heavy (non-hydrogen) atoms. The second kappa shape index (κ2) is 7.42. The van der Waals surface area contributed by atoms with Crippen LogP contribution in [0.4, 0.5) is 0 Å². The zero-order chi connectivity index (χ0) is 12.6. The Hall–Kier alpha value is -1.02. The average Bonchev–Trinajstić information content (AvgIpc) is 2.42. The van der Waals surface area contributed by atoms with Gasteiger partial charge in [-0.15, -0.1) is 0 Å². The standard InChI is InChI=1S/C16H25NO/c1-15-9-5-6-12-17(15)13-7-8-14-18-16-10-3-2-4-11-16/h2-4,10-11,15H,5-9,12-14H2,1H3. The maximum Gasteiger partial charge on any atom is 0.119 e. The highest BCUT2D eigenvalue weighted by Gasteiger charge is 2.16. The molecule has 0 N–H and O–H groups in total. The van der Waals surface area contributed by atoms with E-state index in [1.165, 1.54) is 38.8 Å². The molecule has 2 heteroatoms. The van der Waals surface area contributed by atoms with Gasteiger partial charge in [-0.2, -0.15) is 0 Å². The second-order valence-corrected chi connectivity index (χ2v) is 5.25. The molecule has 1 fully saturated rings. The fourth-order valence-corrected chi connectivity index (χ4v) is 2.61. The van der Waals surface area contributed by atoms with E-state index in [0.717, 1.165) is 24.8 Å². The molecular weight excluding hydrogens is 222 g/mol. The lowest BCUT2D eigenvalue weighted by molar-refractivity contribution is 0.154. The van der Waals surface area contributed by atoms with Gasteiger partial charge < -0.3 is 9.64 Å². The highest BCUT2D eigenvalue weighted by Crippen LogP contribution is 2.16. The molecule has 0 aromatic heterocycles. The number of ether oxygens (including phenoxy) is 1. The number of nitrogens with zero attached hydrogens (tertiary/aromatic N) is 1. The molecule has 1 aliphatic rings. The largest absolute Gasteiger partial charge is 0.494 e. The van der Waals surface area contributed by atoms with Gasteiger partial charge in [-0.1, -0.05) is 24.6 Å². The molecule has 2 nitrogen and oxygen atoms in total. The van der Waals surface area contributed by atoms with Gasteiger partial charge in [0.15, 0.2) is 0 Å². The summed E-state index contributed by atoms with van der Waals surface area (Å²) in [5.41, 5.74) is 0. The number of piperidine rings is 1. The minimum Gasteiger partial charge on any atom is -0.494 e. The molecule has 1 heterocycles. The van der Waals surface area contributed by atoms with Crippen molar-refractivity contribution in [3.05, 3.63) is 30.3 Å². The van der Waals surface area contributed by atoms with Crippen molar-refractivity contribution in [2.45, 2.75) is 45.1 Å². The van der Waals surface area contributed by atoms with E-state index in [0.29, 0.717) is 0 Å². The summed E-state index contributed by atoms with van der Waals surface area (Å²) in [5, 5.41) is 0. The van der Waals surface area contributed by atoms with Crippen molar-refractivity contribution in [3.63, 3.8) is 0 Å². The highest BCUT2D eigenvalue weighted by atomic mass is 16.5. The number of hydrogen-bond acceptors (Lipinski definition) is 2. The van der Waals surface area contributed by atoms with E-state index < -0.39 is 0 Å². The predicted octanol–water partition coefficient (Wildman–Crippen LogP) is 3.72. The summed E-state index contributed by atoms with van der Waals surface area (Å²) in [6.45, 7) is 5.73. The van der Waals surface area contributed by atoms with Crippen LogP contribution in [-0.2, 0) is 0 Å². The molecule has 1 aliphatic heterocycles. The maximum absolute atomic E-state index is 5.70. The van der Waals surface area contributed by atoms with Crippen molar-refractivity contribution in [1.82, 2.24) is 4.90 Å². The number of unbranched alkanes of at least 4 members (excludes halogenated alkanes) is 1. The summed E-state index contributed by atoms with van der Waals surface area (Å²) < 4.78 is 5.70. The highest BCUT2D eigenvalue weighted by molar-refractivity contribution is 5.20. The van der Waals surface area contributed by atoms with Crippen molar-refractivity contribution >= 4 is 0 Å². The van der Waals surface area contributed by atoms with Crippen LogP contribution in [0.3, 0.4) is 0 Å². The number of benzene rings is 1. The molecule has 1 aromatic rings. The van der Waals surface area contributed by atoms with Crippen molar-refractivity contribution in [3.8, 4) is 5.75 Å². The van der Waals surface area contributed by atoms with Crippen LogP contribution in [0.5, 0.6) is 5.75 Å². The minimum atomic E-state index is 0.786. The predicted molar refractivity (Wildman–Crippen MR) is 76.1 cm³/mol. The molecule has 1 aromatic carbocycles. The van der Waals surface area contributed by atoms with E-state index >= 15 is 0 Å². The fraction of sp³-hybridized carbons (Fsp3) is 0.625.